The number of rotatable bonds is 1. The van der Waals surface area contributed by atoms with Crippen LogP contribution in [0, 0.1) is 17.1 Å². The molecule has 1 atom stereocenters. The van der Waals surface area contributed by atoms with Crippen LogP contribution in [0.2, 0.25) is 0 Å². The third-order valence-electron chi connectivity index (χ3n) is 2.68. The lowest BCUT2D eigenvalue weighted by atomic mass is 9.88. The van der Waals surface area contributed by atoms with Gasteiger partial charge in [0.1, 0.15) is 11.6 Å². The summed E-state index contributed by atoms with van der Waals surface area (Å²) in [6.45, 7) is 0. The van der Waals surface area contributed by atoms with Crippen LogP contribution in [0.25, 0.3) is 0 Å². The molecule has 0 aromatic heterocycles. The summed E-state index contributed by atoms with van der Waals surface area (Å²) in [5, 5.41) is 8.94. The second-order valence-electron chi connectivity index (χ2n) is 3.73. The monoisotopic (exact) mass is 295 g/mol. The van der Waals surface area contributed by atoms with E-state index in [-0.39, 0.29) is 11.1 Å². The molecule has 0 saturated heterocycles. The molecule has 0 amide bonds. The Balaban J connectivity index is 2.52. The lowest BCUT2D eigenvalue weighted by molar-refractivity contribution is 0.515. The predicted octanol–water partition coefficient (Wildman–Crippen LogP) is 4.32. The molecule has 0 saturated carbocycles. The van der Waals surface area contributed by atoms with Gasteiger partial charge in [-0.05, 0) is 35.2 Å². The normalized spacial score (nSPS) is 19.3. The first-order chi connectivity index (χ1) is 8.13. The van der Waals surface area contributed by atoms with Gasteiger partial charge in [-0.25, -0.2) is 8.78 Å². The zero-order valence-corrected chi connectivity index (χ0v) is 10.3. The molecule has 1 aromatic carbocycles. The molecule has 1 aliphatic carbocycles. The first kappa shape index (κ1) is 12.0. The Labute approximate surface area is 106 Å². The molecule has 2 rings (SSSR count). The fourth-order valence-electron chi connectivity index (χ4n) is 1.88. The maximum absolute atomic E-state index is 13.7. The van der Waals surface area contributed by atoms with Crippen molar-refractivity contribution in [2.24, 2.45) is 0 Å². The second-order valence-corrected chi connectivity index (χ2v) is 4.75. The zero-order valence-electron chi connectivity index (χ0n) is 8.75. The van der Waals surface area contributed by atoms with Gasteiger partial charge in [0.15, 0.2) is 0 Å². The molecule has 0 fully saturated rings. The lowest BCUT2D eigenvalue weighted by Gasteiger charge is -2.19. The Kier molecular flexibility index (Phi) is 3.39. The summed E-state index contributed by atoms with van der Waals surface area (Å²) < 4.78 is 28.3. The molecule has 1 aliphatic rings. The summed E-state index contributed by atoms with van der Waals surface area (Å²) >= 11 is 3.27. The zero-order chi connectivity index (χ0) is 12.4. The summed E-state index contributed by atoms with van der Waals surface area (Å²) in [5.41, 5.74) is 0.314. The SMILES string of the molecule is N#Cc1cccc(F)c1C1CC(Br)=CC=C1F. The fourth-order valence-corrected chi connectivity index (χ4v) is 2.33. The summed E-state index contributed by atoms with van der Waals surface area (Å²) in [7, 11) is 0. The Morgan fingerprint density at radius 2 is 2.06 bits per heavy atom. The summed E-state index contributed by atoms with van der Waals surface area (Å²) in [4.78, 5) is 0. The standard InChI is InChI=1S/C13H8BrF2N/c14-9-4-5-11(15)10(6-9)13-8(7-17)2-1-3-12(13)16/h1-5,10H,6H2. The van der Waals surface area contributed by atoms with Crippen molar-refractivity contribution in [3.05, 3.63) is 57.6 Å². The van der Waals surface area contributed by atoms with Crippen molar-refractivity contribution in [2.45, 2.75) is 12.3 Å². The van der Waals surface area contributed by atoms with Crippen molar-refractivity contribution in [1.29, 1.82) is 5.26 Å². The van der Waals surface area contributed by atoms with E-state index in [1.807, 2.05) is 6.07 Å². The van der Waals surface area contributed by atoms with Crippen LogP contribution in [-0.4, -0.2) is 0 Å². The van der Waals surface area contributed by atoms with Crippen LogP contribution < -0.4 is 0 Å². The van der Waals surface area contributed by atoms with Crippen molar-refractivity contribution in [3.63, 3.8) is 0 Å². The molecular weight excluding hydrogens is 288 g/mol. The number of halogens is 3. The molecule has 0 N–H and O–H groups in total. The average molecular weight is 296 g/mol. The summed E-state index contributed by atoms with van der Waals surface area (Å²) in [5.74, 6) is -1.68. The van der Waals surface area contributed by atoms with Crippen molar-refractivity contribution >= 4 is 15.9 Å². The third-order valence-corrected chi connectivity index (χ3v) is 3.27. The van der Waals surface area contributed by atoms with Crippen LogP contribution in [0.15, 0.2) is 40.7 Å². The van der Waals surface area contributed by atoms with E-state index >= 15 is 0 Å². The van der Waals surface area contributed by atoms with E-state index in [0.29, 0.717) is 6.42 Å². The van der Waals surface area contributed by atoms with E-state index in [2.05, 4.69) is 15.9 Å². The first-order valence-corrected chi connectivity index (χ1v) is 5.83. The van der Waals surface area contributed by atoms with Crippen molar-refractivity contribution in [3.8, 4) is 6.07 Å². The van der Waals surface area contributed by atoms with Crippen LogP contribution in [0.5, 0.6) is 0 Å². The number of hydrogen-bond donors (Lipinski definition) is 0. The molecule has 1 unspecified atom stereocenters. The molecule has 17 heavy (non-hydrogen) atoms. The Morgan fingerprint density at radius 1 is 1.29 bits per heavy atom. The van der Waals surface area contributed by atoms with Gasteiger partial charge in [-0.15, -0.1) is 0 Å². The van der Waals surface area contributed by atoms with E-state index in [0.717, 1.165) is 4.48 Å². The van der Waals surface area contributed by atoms with Crippen molar-refractivity contribution in [1.82, 2.24) is 0 Å². The maximum atomic E-state index is 13.7. The molecule has 0 bridgehead atoms. The molecule has 1 nitrogen and oxygen atoms in total. The highest BCUT2D eigenvalue weighted by molar-refractivity contribution is 9.11. The number of nitriles is 1. The van der Waals surface area contributed by atoms with E-state index in [1.54, 1.807) is 6.08 Å². The van der Waals surface area contributed by atoms with Crippen LogP contribution in [0.1, 0.15) is 23.5 Å². The highest BCUT2D eigenvalue weighted by Gasteiger charge is 2.26. The summed E-state index contributed by atoms with van der Waals surface area (Å²) in [6.07, 6.45) is 3.22. The Morgan fingerprint density at radius 3 is 2.76 bits per heavy atom. The molecule has 4 heteroatoms. The number of allylic oxidation sites excluding steroid dienone is 4. The van der Waals surface area contributed by atoms with Crippen LogP contribution in [-0.2, 0) is 0 Å². The molecule has 0 heterocycles. The Bertz CT molecular complexity index is 555. The smallest absolute Gasteiger partial charge is 0.128 e. The van der Waals surface area contributed by atoms with E-state index < -0.39 is 17.6 Å². The minimum absolute atomic E-state index is 0.133. The number of benzene rings is 1. The van der Waals surface area contributed by atoms with Gasteiger partial charge in [0.2, 0.25) is 0 Å². The largest absolute Gasteiger partial charge is 0.211 e. The highest BCUT2D eigenvalue weighted by atomic mass is 79.9. The van der Waals surface area contributed by atoms with Gasteiger partial charge < -0.3 is 0 Å². The quantitative estimate of drug-likeness (QED) is 0.757. The minimum Gasteiger partial charge on any atom is -0.211 e. The third kappa shape index (κ3) is 2.29. The van der Waals surface area contributed by atoms with Gasteiger partial charge in [0.05, 0.1) is 11.6 Å². The van der Waals surface area contributed by atoms with Crippen LogP contribution in [0.4, 0.5) is 8.78 Å². The van der Waals surface area contributed by atoms with E-state index in [1.165, 1.54) is 24.3 Å². The topological polar surface area (TPSA) is 23.8 Å². The summed E-state index contributed by atoms with van der Waals surface area (Å²) in [6, 6.07) is 6.10. The van der Waals surface area contributed by atoms with Crippen LogP contribution in [0.3, 0.4) is 0 Å². The second kappa shape index (κ2) is 4.80. The van der Waals surface area contributed by atoms with Crippen molar-refractivity contribution < 1.29 is 8.78 Å². The van der Waals surface area contributed by atoms with E-state index in [4.69, 9.17) is 5.26 Å². The molecule has 1 aromatic rings. The number of nitrogens with zero attached hydrogens (tertiary/aromatic N) is 1. The lowest BCUT2D eigenvalue weighted by Crippen LogP contribution is -2.08. The van der Waals surface area contributed by atoms with Crippen molar-refractivity contribution in [2.75, 3.05) is 0 Å². The molecule has 0 aliphatic heterocycles. The molecular formula is C13H8BrF2N. The highest BCUT2D eigenvalue weighted by Crippen LogP contribution is 2.39. The Hall–Kier alpha value is -1.47. The number of hydrogen-bond acceptors (Lipinski definition) is 1. The minimum atomic E-state index is -0.717. The average Bonchev–Trinajstić information content (AvgIpc) is 2.32. The maximum Gasteiger partial charge on any atom is 0.128 e. The van der Waals surface area contributed by atoms with Crippen LogP contribution >= 0.6 is 15.9 Å². The van der Waals surface area contributed by atoms with Gasteiger partial charge in [0, 0.05) is 11.5 Å². The molecule has 86 valence electrons. The molecule has 0 spiro atoms. The first-order valence-electron chi connectivity index (χ1n) is 5.03. The molecule has 0 radical (unpaired) electrons. The van der Waals surface area contributed by atoms with Gasteiger partial charge >= 0.3 is 0 Å². The van der Waals surface area contributed by atoms with Gasteiger partial charge in [0.25, 0.3) is 0 Å². The van der Waals surface area contributed by atoms with Gasteiger partial charge in [-0.3, -0.25) is 0 Å². The fraction of sp³-hybridized carbons (Fsp3) is 0.154. The predicted molar refractivity (Wildman–Crippen MR) is 64.7 cm³/mol. The van der Waals surface area contributed by atoms with E-state index in [9.17, 15) is 8.78 Å². The van der Waals surface area contributed by atoms with Gasteiger partial charge in [-0.1, -0.05) is 22.0 Å². The van der Waals surface area contributed by atoms with Gasteiger partial charge in [-0.2, -0.15) is 5.26 Å².